The number of nitrogens with zero attached hydrogens (tertiary/aromatic N) is 2. The van der Waals surface area contributed by atoms with Gasteiger partial charge in [0.1, 0.15) is 0 Å². The van der Waals surface area contributed by atoms with Gasteiger partial charge in [-0.15, -0.1) is 30.6 Å². The van der Waals surface area contributed by atoms with Crippen LogP contribution in [-0.2, 0) is 16.6 Å². The number of allylic oxidation sites excluding steroid dienone is 1. The van der Waals surface area contributed by atoms with Crippen molar-refractivity contribution in [2.75, 3.05) is 32.9 Å². The summed E-state index contributed by atoms with van der Waals surface area (Å²) in [5, 5.41) is 3.08. The second kappa shape index (κ2) is 13.1. The van der Waals surface area contributed by atoms with Gasteiger partial charge in [0.15, 0.2) is 5.96 Å². The van der Waals surface area contributed by atoms with Gasteiger partial charge in [0.05, 0.1) is 5.75 Å². The van der Waals surface area contributed by atoms with E-state index in [1.807, 2.05) is 48.4 Å². The highest BCUT2D eigenvalue weighted by molar-refractivity contribution is 14.0. The first-order valence-electron chi connectivity index (χ1n) is 8.02. The molecule has 0 aliphatic heterocycles. The molecule has 0 amide bonds. The Hall–Kier alpha value is -1.13. The maximum Gasteiger partial charge on any atom is 0.213 e. The smallest absolute Gasteiger partial charge is 0.213 e. The van der Waals surface area contributed by atoms with Crippen LogP contribution in [0.25, 0.3) is 0 Å². The maximum absolute atomic E-state index is 12.0. The van der Waals surface area contributed by atoms with Crippen molar-refractivity contribution in [3.05, 3.63) is 48.6 Å². The summed E-state index contributed by atoms with van der Waals surface area (Å²) in [4.78, 5) is 6.15. The van der Waals surface area contributed by atoms with Crippen LogP contribution in [0.4, 0.5) is 0 Å². The fourth-order valence-corrected chi connectivity index (χ4v) is 3.02. The number of aliphatic imine (C=N–C) groups is 1. The average molecular weight is 480 g/mol. The molecule has 0 fully saturated rings. The zero-order valence-electron chi connectivity index (χ0n) is 14.9. The van der Waals surface area contributed by atoms with Gasteiger partial charge in [-0.05, 0) is 18.4 Å². The second-order valence-corrected chi connectivity index (χ2v) is 7.38. The molecule has 1 rings (SSSR count). The van der Waals surface area contributed by atoms with Gasteiger partial charge in [0, 0.05) is 33.7 Å². The molecular formula is C17H29IN4O2S. The summed E-state index contributed by atoms with van der Waals surface area (Å²) < 4.78 is 26.7. The summed E-state index contributed by atoms with van der Waals surface area (Å²) in [6.07, 6.45) is 3.81. The molecule has 25 heavy (non-hydrogen) atoms. The van der Waals surface area contributed by atoms with Gasteiger partial charge in [0.25, 0.3) is 0 Å². The second-order valence-electron chi connectivity index (χ2n) is 5.45. The van der Waals surface area contributed by atoms with Gasteiger partial charge in [-0.2, -0.15) is 0 Å². The molecule has 0 saturated heterocycles. The monoisotopic (exact) mass is 480 g/mol. The predicted molar refractivity (Wildman–Crippen MR) is 116 cm³/mol. The van der Waals surface area contributed by atoms with Crippen LogP contribution in [0.3, 0.4) is 0 Å². The Morgan fingerprint density at radius 3 is 2.60 bits per heavy atom. The lowest BCUT2D eigenvalue weighted by atomic mass is 10.2. The number of hydrogen-bond acceptors (Lipinski definition) is 3. The maximum atomic E-state index is 12.0. The zero-order chi connectivity index (χ0) is 17.8. The van der Waals surface area contributed by atoms with E-state index in [2.05, 4.69) is 21.6 Å². The molecule has 6 nitrogen and oxygen atoms in total. The number of nitrogens with one attached hydrogen (secondary N) is 2. The van der Waals surface area contributed by atoms with Crippen molar-refractivity contribution in [2.24, 2.45) is 4.99 Å². The number of rotatable bonds is 10. The van der Waals surface area contributed by atoms with E-state index in [0.29, 0.717) is 19.0 Å². The fourth-order valence-electron chi connectivity index (χ4n) is 2.12. The molecule has 0 bridgehead atoms. The van der Waals surface area contributed by atoms with E-state index < -0.39 is 10.0 Å². The number of sulfonamides is 1. The Morgan fingerprint density at radius 2 is 2.00 bits per heavy atom. The SMILES string of the molecule is C=CCCCN(C)C(=NC)NCCS(=O)(=O)NCc1ccccc1.I. The average Bonchev–Trinajstić information content (AvgIpc) is 2.58. The molecule has 1 aromatic rings. The van der Waals surface area contributed by atoms with E-state index in [1.54, 1.807) is 7.05 Å². The van der Waals surface area contributed by atoms with E-state index in [0.717, 1.165) is 24.9 Å². The molecular weight excluding hydrogens is 451 g/mol. The van der Waals surface area contributed by atoms with E-state index in [9.17, 15) is 8.42 Å². The minimum absolute atomic E-state index is 0. The van der Waals surface area contributed by atoms with E-state index in [1.165, 1.54) is 0 Å². The Bertz CT molecular complexity index is 621. The highest BCUT2D eigenvalue weighted by Crippen LogP contribution is 1.99. The van der Waals surface area contributed by atoms with Crippen LogP contribution in [0.5, 0.6) is 0 Å². The molecule has 0 unspecified atom stereocenters. The van der Waals surface area contributed by atoms with Crippen molar-refractivity contribution in [1.82, 2.24) is 14.9 Å². The van der Waals surface area contributed by atoms with E-state index in [-0.39, 0.29) is 29.7 Å². The molecule has 0 heterocycles. The molecule has 0 aliphatic carbocycles. The molecule has 0 aliphatic rings. The number of hydrogen-bond donors (Lipinski definition) is 2. The Morgan fingerprint density at radius 1 is 1.32 bits per heavy atom. The first-order chi connectivity index (χ1) is 11.5. The van der Waals surface area contributed by atoms with Gasteiger partial charge in [0.2, 0.25) is 10.0 Å². The van der Waals surface area contributed by atoms with Crippen molar-refractivity contribution < 1.29 is 8.42 Å². The molecule has 1 aromatic carbocycles. The summed E-state index contributed by atoms with van der Waals surface area (Å²) in [7, 11) is 0.291. The van der Waals surface area contributed by atoms with Gasteiger partial charge >= 0.3 is 0 Å². The standard InChI is InChI=1S/C17H28N4O2S.HI/c1-4-5-9-13-21(3)17(18-2)19-12-14-24(22,23)20-15-16-10-7-6-8-11-16;/h4,6-8,10-11,20H,1,5,9,12-15H2,2-3H3,(H,18,19);1H. The summed E-state index contributed by atoms with van der Waals surface area (Å²) in [6, 6.07) is 9.45. The minimum Gasteiger partial charge on any atom is -0.355 e. The van der Waals surface area contributed by atoms with Crippen LogP contribution in [0.1, 0.15) is 18.4 Å². The molecule has 142 valence electrons. The first kappa shape index (κ1) is 23.9. The summed E-state index contributed by atoms with van der Waals surface area (Å²) in [5.41, 5.74) is 0.937. The van der Waals surface area contributed by atoms with Gasteiger partial charge in [-0.3, -0.25) is 4.99 Å². The summed E-state index contributed by atoms with van der Waals surface area (Å²) in [6.45, 7) is 5.15. The third-order valence-electron chi connectivity index (χ3n) is 3.47. The van der Waals surface area contributed by atoms with Crippen LogP contribution in [-0.4, -0.2) is 52.2 Å². The van der Waals surface area contributed by atoms with Crippen molar-refractivity contribution in [3.8, 4) is 0 Å². The number of halogens is 1. The zero-order valence-corrected chi connectivity index (χ0v) is 18.1. The van der Waals surface area contributed by atoms with Crippen molar-refractivity contribution in [2.45, 2.75) is 19.4 Å². The molecule has 2 N–H and O–H groups in total. The lowest BCUT2D eigenvalue weighted by molar-refractivity contribution is 0.471. The largest absolute Gasteiger partial charge is 0.355 e. The fraction of sp³-hybridized carbons (Fsp3) is 0.471. The number of unbranched alkanes of at least 4 members (excludes halogenated alkanes) is 1. The topological polar surface area (TPSA) is 73.8 Å². The minimum atomic E-state index is -3.33. The van der Waals surface area contributed by atoms with E-state index >= 15 is 0 Å². The Kier molecular flexibility index (Phi) is 12.5. The highest BCUT2D eigenvalue weighted by atomic mass is 127. The van der Waals surface area contributed by atoms with Crippen molar-refractivity contribution in [1.29, 1.82) is 0 Å². The van der Waals surface area contributed by atoms with Crippen LogP contribution in [0.2, 0.25) is 0 Å². The van der Waals surface area contributed by atoms with Gasteiger partial charge in [-0.25, -0.2) is 13.1 Å². The Balaban J connectivity index is 0.00000576. The van der Waals surface area contributed by atoms with E-state index in [4.69, 9.17) is 0 Å². The van der Waals surface area contributed by atoms with Gasteiger partial charge in [-0.1, -0.05) is 36.4 Å². The summed E-state index contributed by atoms with van der Waals surface area (Å²) >= 11 is 0. The van der Waals surface area contributed by atoms with Crippen molar-refractivity contribution in [3.63, 3.8) is 0 Å². The van der Waals surface area contributed by atoms with Gasteiger partial charge < -0.3 is 10.2 Å². The third-order valence-corrected chi connectivity index (χ3v) is 4.79. The van der Waals surface area contributed by atoms with Crippen LogP contribution < -0.4 is 10.0 Å². The Labute approximate surface area is 168 Å². The lowest BCUT2D eigenvalue weighted by Gasteiger charge is -2.21. The van der Waals surface area contributed by atoms with Crippen molar-refractivity contribution >= 4 is 40.0 Å². The number of benzene rings is 1. The lowest BCUT2D eigenvalue weighted by Crippen LogP contribution is -2.42. The first-order valence-corrected chi connectivity index (χ1v) is 9.67. The van der Waals surface area contributed by atoms with Crippen LogP contribution >= 0.6 is 24.0 Å². The third kappa shape index (κ3) is 10.5. The number of guanidine groups is 1. The molecule has 0 spiro atoms. The quantitative estimate of drug-likeness (QED) is 0.177. The van der Waals surface area contributed by atoms with Crippen LogP contribution in [0.15, 0.2) is 48.0 Å². The molecule has 0 aromatic heterocycles. The normalized spacial score (nSPS) is 11.5. The molecule has 0 atom stereocenters. The predicted octanol–water partition coefficient (Wildman–Crippen LogP) is 2.20. The molecule has 8 heteroatoms. The van der Waals surface area contributed by atoms with Crippen LogP contribution in [0, 0.1) is 0 Å². The summed E-state index contributed by atoms with van der Waals surface area (Å²) in [5.74, 6) is 0.691. The highest BCUT2D eigenvalue weighted by Gasteiger charge is 2.11. The molecule has 0 radical (unpaired) electrons. The molecule has 0 saturated carbocycles.